The maximum Gasteiger partial charge on any atom is 0.237 e. The molecule has 1 aliphatic rings. The molecule has 0 aliphatic carbocycles. The van der Waals surface area contributed by atoms with Gasteiger partial charge in [-0.25, -0.2) is 0 Å². The molecule has 1 N–H and O–H groups in total. The lowest BCUT2D eigenvalue weighted by Crippen LogP contribution is -2.56. The van der Waals surface area contributed by atoms with Gasteiger partial charge in [0.2, 0.25) is 11.8 Å². The van der Waals surface area contributed by atoms with E-state index in [4.69, 9.17) is 9.47 Å². The third-order valence-corrected chi connectivity index (χ3v) is 5.90. The van der Waals surface area contributed by atoms with Crippen LogP contribution < -0.4 is 14.8 Å². The average Bonchev–Trinajstić information content (AvgIpc) is 3.23. The zero-order valence-corrected chi connectivity index (χ0v) is 17.8. The summed E-state index contributed by atoms with van der Waals surface area (Å²) in [6.07, 6.45) is 0.154. The number of carbonyl (C=O) groups excluding carboxylic acids is 2. The SMILES string of the molecule is COc1ccc(CN(C)C(=O)CC2C(=O)NCCN2Cc2cccs2)cc1OC. The monoisotopic (exact) mass is 417 g/mol. The molecule has 2 heterocycles. The number of piperazine rings is 1. The summed E-state index contributed by atoms with van der Waals surface area (Å²) >= 11 is 1.66. The van der Waals surface area contributed by atoms with Crippen LogP contribution in [-0.4, -0.2) is 62.0 Å². The minimum Gasteiger partial charge on any atom is -0.493 e. The highest BCUT2D eigenvalue weighted by atomic mass is 32.1. The molecule has 1 saturated heterocycles. The predicted octanol–water partition coefficient (Wildman–Crippen LogP) is 2.11. The smallest absolute Gasteiger partial charge is 0.237 e. The molecule has 1 atom stereocenters. The van der Waals surface area contributed by atoms with E-state index in [2.05, 4.69) is 16.3 Å². The van der Waals surface area contributed by atoms with Gasteiger partial charge in [0, 0.05) is 38.1 Å². The van der Waals surface area contributed by atoms with Crippen molar-refractivity contribution < 1.29 is 19.1 Å². The summed E-state index contributed by atoms with van der Waals surface area (Å²) in [5.41, 5.74) is 0.932. The first-order chi connectivity index (χ1) is 14.0. The van der Waals surface area contributed by atoms with Crippen LogP contribution in [0.15, 0.2) is 35.7 Å². The lowest BCUT2D eigenvalue weighted by Gasteiger charge is -2.35. The van der Waals surface area contributed by atoms with Crippen LogP contribution in [0.4, 0.5) is 0 Å². The zero-order chi connectivity index (χ0) is 20.8. The van der Waals surface area contributed by atoms with E-state index in [0.717, 1.165) is 12.1 Å². The molecule has 1 aromatic carbocycles. The average molecular weight is 418 g/mol. The van der Waals surface area contributed by atoms with Crippen molar-refractivity contribution in [3.63, 3.8) is 0 Å². The van der Waals surface area contributed by atoms with Gasteiger partial charge in [0.1, 0.15) is 0 Å². The number of nitrogens with one attached hydrogen (secondary N) is 1. The Labute approximate surface area is 175 Å². The lowest BCUT2D eigenvalue weighted by molar-refractivity contribution is -0.138. The van der Waals surface area contributed by atoms with Crippen molar-refractivity contribution in [2.45, 2.75) is 25.6 Å². The molecule has 8 heteroatoms. The van der Waals surface area contributed by atoms with E-state index in [1.807, 2.05) is 29.6 Å². The van der Waals surface area contributed by atoms with Crippen molar-refractivity contribution in [2.24, 2.45) is 0 Å². The molecule has 1 fully saturated rings. The first-order valence-electron chi connectivity index (χ1n) is 9.51. The molecular formula is C21H27N3O4S. The molecule has 0 bridgehead atoms. The fourth-order valence-corrected chi connectivity index (χ4v) is 4.17. The number of nitrogens with zero attached hydrogens (tertiary/aromatic N) is 2. The minimum absolute atomic E-state index is 0.0713. The molecule has 29 heavy (non-hydrogen) atoms. The molecule has 2 amide bonds. The molecule has 1 aromatic heterocycles. The number of hydrogen-bond donors (Lipinski definition) is 1. The minimum atomic E-state index is -0.453. The number of carbonyl (C=O) groups is 2. The Balaban J connectivity index is 1.64. The van der Waals surface area contributed by atoms with Crippen LogP contribution in [0.3, 0.4) is 0 Å². The van der Waals surface area contributed by atoms with E-state index in [9.17, 15) is 9.59 Å². The molecule has 0 saturated carbocycles. The summed E-state index contributed by atoms with van der Waals surface area (Å²) < 4.78 is 10.6. The molecule has 1 aliphatic heterocycles. The Kier molecular flexibility index (Phi) is 7.11. The predicted molar refractivity (Wildman–Crippen MR) is 112 cm³/mol. The fourth-order valence-electron chi connectivity index (χ4n) is 3.44. The van der Waals surface area contributed by atoms with Crippen molar-refractivity contribution in [3.8, 4) is 11.5 Å². The largest absolute Gasteiger partial charge is 0.493 e. The second-order valence-electron chi connectivity index (χ2n) is 7.00. The highest BCUT2D eigenvalue weighted by molar-refractivity contribution is 7.09. The Morgan fingerprint density at radius 2 is 2.07 bits per heavy atom. The molecule has 1 unspecified atom stereocenters. The van der Waals surface area contributed by atoms with E-state index >= 15 is 0 Å². The number of methoxy groups -OCH3 is 2. The fraction of sp³-hybridized carbons (Fsp3) is 0.429. The Morgan fingerprint density at radius 3 is 2.76 bits per heavy atom. The van der Waals surface area contributed by atoms with Crippen molar-refractivity contribution >= 4 is 23.2 Å². The molecular weight excluding hydrogens is 390 g/mol. The summed E-state index contributed by atoms with van der Waals surface area (Å²) in [7, 11) is 4.92. The van der Waals surface area contributed by atoms with E-state index in [1.165, 1.54) is 4.88 Å². The maximum atomic E-state index is 12.9. The molecule has 0 radical (unpaired) electrons. The van der Waals surface area contributed by atoms with Gasteiger partial charge in [0.05, 0.1) is 26.7 Å². The van der Waals surface area contributed by atoms with Gasteiger partial charge in [-0.15, -0.1) is 11.3 Å². The van der Waals surface area contributed by atoms with Crippen molar-refractivity contribution in [1.29, 1.82) is 0 Å². The Hall–Kier alpha value is -2.58. The molecule has 7 nitrogen and oxygen atoms in total. The van der Waals surface area contributed by atoms with Crippen molar-refractivity contribution in [3.05, 3.63) is 46.2 Å². The Bertz CT molecular complexity index is 840. The normalized spacial score (nSPS) is 16.9. The van der Waals surface area contributed by atoms with Gasteiger partial charge in [-0.2, -0.15) is 0 Å². The summed E-state index contributed by atoms with van der Waals surface area (Å²) in [5.74, 6) is 1.12. The van der Waals surface area contributed by atoms with Gasteiger partial charge in [-0.05, 0) is 29.1 Å². The van der Waals surface area contributed by atoms with E-state index < -0.39 is 6.04 Å². The topological polar surface area (TPSA) is 71.1 Å². The van der Waals surface area contributed by atoms with Crippen LogP contribution in [-0.2, 0) is 22.7 Å². The highest BCUT2D eigenvalue weighted by Crippen LogP contribution is 2.28. The third-order valence-electron chi connectivity index (χ3n) is 5.04. The molecule has 0 spiro atoms. The lowest BCUT2D eigenvalue weighted by atomic mass is 10.1. The van der Waals surface area contributed by atoms with Gasteiger partial charge in [-0.1, -0.05) is 12.1 Å². The Morgan fingerprint density at radius 1 is 1.28 bits per heavy atom. The first kappa shape index (κ1) is 21.1. The number of benzene rings is 1. The van der Waals surface area contributed by atoms with Gasteiger partial charge >= 0.3 is 0 Å². The van der Waals surface area contributed by atoms with E-state index in [1.54, 1.807) is 37.5 Å². The van der Waals surface area contributed by atoms with E-state index in [0.29, 0.717) is 31.1 Å². The van der Waals surface area contributed by atoms with Crippen LogP contribution in [0.5, 0.6) is 11.5 Å². The van der Waals surface area contributed by atoms with Gasteiger partial charge < -0.3 is 19.7 Å². The van der Waals surface area contributed by atoms with Crippen molar-refractivity contribution in [2.75, 3.05) is 34.4 Å². The zero-order valence-electron chi connectivity index (χ0n) is 17.0. The van der Waals surface area contributed by atoms with Gasteiger partial charge in [0.15, 0.2) is 11.5 Å². The van der Waals surface area contributed by atoms with E-state index in [-0.39, 0.29) is 18.2 Å². The van der Waals surface area contributed by atoms with Gasteiger partial charge in [-0.3, -0.25) is 14.5 Å². The van der Waals surface area contributed by atoms with Crippen molar-refractivity contribution in [1.82, 2.24) is 15.1 Å². The maximum absolute atomic E-state index is 12.9. The number of ether oxygens (including phenoxy) is 2. The first-order valence-corrected chi connectivity index (χ1v) is 10.4. The highest BCUT2D eigenvalue weighted by Gasteiger charge is 2.32. The number of thiophene rings is 1. The number of hydrogen-bond acceptors (Lipinski definition) is 6. The molecule has 3 rings (SSSR count). The summed E-state index contributed by atoms with van der Waals surface area (Å²) in [6.45, 7) is 2.46. The third kappa shape index (κ3) is 5.27. The summed E-state index contributed by atoms with van der Waals surface area (Å²) in [4.78, 5) is 30.2. The second-order valence-corrected chi connectivity index (χ2v) is 8.03. The molecule has 156 valence electrons. The van der Waals surface area contributed by atoms with Crippen LogP contribution >= 0.6 is 11.3 Å². The number of rotatable bonds is 8. The standard InChI is InChI=1S/C21H27N3O4S/c1-23(13-15-6-7-18(27-2)19(11-15)28-3)20(25)12-17-21(26)22-8-9-24(17)14-16-5-4-10-29-16/h4-7,10-11,17H,8-9,12-14H2,1-3H3,(H,22,26). The van der Waals surface area contributed by atoms with Gasteiger partial charge in [0.25, 0.3) is 0 Å². The summed E-state index contributed by atoms with van der Waals surface area (Å²) in [5, 5.41) is 4.91. The van der Waals surface area contributed by atoms with Crippen LogP contribution in [0, 0.1) is 0 Å². The number of amides is 2. The van der Waals surface area contributed by atoms with Crippen LogP contribution in [0.1, 0.15) is 16.9 Å². The quantitative estimate of drug-likeness (QED) is 0.712. The summed E-state index contributed by atoms with van der Waals surface area (Å²) in [6, 6.07) is 9.19. The van der Waals surface area contributed by atoms with Crippen LogP contribution in [0.2, 0.25) is 0 Å². The molecule has 2 aromatic rings. The van der Waals surface area contributed by atoms with Crippen LogP contribution in [0.25, 0.3) is 0 Å². The second kappa shape index (κ2) is 9.76.